The Hall–Kier alpha value is -2.89. The van der Waals surface area contributed by atoms with Gasteiger partial charge in [-0.3, -0.25) is 4.79 Å². The summed E-state index contributed by atoms with van der Waals surface area (Å²) in [6, 6.07) is 13.0. The molecule has 0 N–H and O–H groups in total. The van der Waals surface area contributed by atoms with Gasteiger partial charge in [0.25, 0.3) is 5.91 Å². The predicted molar refractivity (Wildman–Crippen MR) is 87.8 cm³/mol. The van der Waals surface area contributed by atoms with Gasteiger partial charge in [-0.25, -0.2) is 0 Å². The fourth-order valence-corrected chi connectivity index (χ4v) is 2.98. The average Bonchev–Trinajstić information content (AvgIpc) is 3.06. The normalized spacial score (nSPS) is 17.8. The highest BCUT2D eigenvalue weighted by atomic mass is 16.5. The summed E-state index contributed by atoms with van der Waals surface area (Å²) < 4.78 is 11.5. The van der Waals surface area contributed by atoms with Crippen molar-refractivity contribution in [3.05, 3.63) is 54.4 Å². The molecule has 1 aliphatic rings. The van der Waals surface area contributed by atoms with Crippen molar-refractivity contribution >= 4 is 16.9 Å². The van der Waals surface area contributed by atoms with Gasteiger partial charge in [0.2, 0.25) is 5.88 Å². The smallest absolute Gasteiger partial charge is 0.289 e. The topological polar surface area (TPSA) is 68.5 Å². The number of para-hydroxylation sites is 1. The first-order chi connectivity index (χ1) is 11.8. The molecule has 24 heavy (non-hydrogen) atoms. The third kappa shape index (κ3) is 2.95. The van der Waals surface area contributed by atoms with Crippen molar-refractivity contribution in [3.63, 3.8) is 0 Å². The Morgan fingerprint density at radius 2 is 2.17 bits per heavy atom. The van der Waals surface area contributed by atoms with Gasteiger partial charge in [-0.2, -0.15) is 5.10 Å². The number of benzene rings is 1. The lowest BCUT2D eigenvalue weighted by Crippen LogP contribution is -2.44. The Bertz CT molecular complexity index is 814. The molecule has 1 saturated heterocycles. The van der Waals surface area contributed by atoms with Gasteiger partial charge in [0.1, 0.15) is 11.7 Å². The second-order valence-corrected chi connectivity index (χ2v) is 5.84. The molecule has 0 radical (unpaired) electrons. The van der Waals surface area contributed by atoms with Gasteiger partial charge in [-0.05, 0) is 31.0 Å². The molecule has 0 aliphatic carbocycles. The molecule has 1 atom stereocenters. The number of aromatic nitrogens is 2. The minimum Gasteiger partial charge on any atom is -0.471 e. The maximum Gasteiger partial charge on any atom is 0.289 e. The molecular formula is C18H17N3O3. The summed E-state index contributed by atoms with van der Waals surface area (Å²) in [5.41, 5.74) is 0.727. The van der Waals surface area contributed by atoms with Gasteiger partial charge in [0.15, 0.2) is 5.76 Å². The molecule has 4 rings (SSSR count). The molecule has 6 heteroatoms. The first-order valence-corrected chi connectivity index (χ1v) is 8.02. The molecule has 3 aromatic rings. The molecule has 0 saturated carbocycles. The van der Waals surface area contributed by atoms with Crippen molar-refractivity contribution in [1.29, 1.82) is 0 Å². The Kier molecular flexibility index (Phi) is 3.86. The number of amides is 1. The Balaban J connectivity index is 1.48. The van der Waals surface area contributed by atoms with Crippen LogP contribution in [-0.4, -0.2) is 40.2 Å². The van der Waals surface area contributed by atoms with Gasteiger partial charge in [-0.1, -0.05) is 18.2 Å². The fraction of sp³-hybridized carbons (Fsp3) is 0.278. The lowest BCUT2D eigenvalue weighted by atomic mass is 10.1. The first-order valence-electron chi connectivity index (χ1n) is 8.02. The molecule has 2 aromatic heterocycles. The van der Waals surface area contributed by atoms with E-state index in [4.69, 9.17) is 9.15 Å². The number of nitrogens with zero attached hydrogens (tertiary/aromatic N) is 3. The van der Waals surface area contributed by atoms with Crippen LogP contribution in [0.2, 0.25) is 0 Å². The van der Waals surface area contributed by atoms with Crippen molar-refractivity contribution in [2.75, 3.05) is 13.1 Å². The molecule has 0 spiro atoms. The van der Waals surface area contributed by atoms with E-state index < -0.39 is 0 Å². The summed E-state index contributed by atoms with van der Waals surface area (Å²) in [5, 5.41) is 8.68. The molecule has 122 valence electrons. The number of piperidine rings is 1. The van der Waals surface area contributed by atoms with Crippen LogP contribution >= 0.6 is 0 Å². The van der Waals surface area contributed by atoms with Crippen LogP contribution in [0.5, 0.6) is 5.88 Å². The maximum atomic E-state index is 12.7. The van der Waals surface area contributed by atoms with Gasteiger partial charge < -0.3 is 14.1 Å². The zero-order valence-corrected chi connectivity index (χ0v) is 13.1. The minimum atomic E-state index is -0.0985. The van der Waals surface area contributed by atoms with Crippen LogP contribution < -0.4 is 4.74 Å². The van der Waals surface area contributed by atoms with E-state index in [0.29, 0.717) is 24.7 Å². The van der Waals surface area contributed by atoms with E-state index in [2.05, 4.69) is 10.2 Å². The summed E-state index contributed by atoms with van der Waals surface area (Å²) in [6.45, 7) is 1.22. The van der Waals surface area contributed by atoms with E-state index >= 15 is 0 Å². The van der Waals surface area contributed by atoms with Crippen molar-refractivity contribution < 1.29 is 13.9 Å². The van der Waals surface area contributed by atoms with E-state index in [-0.39, 0.29) is 12.0 Å². The summed E-state index contributed by atoms with van der Waals surface area (Å²) in [6.07, 6.45) is 3.30. The zero-order chi connectivity index (χ0) is 16.4. The van der Waals surface area contributed by atoms with Crippen molar-refractivity contribution in [2.24, 2.45) is 0 Å². The monoisotopic (exact) mass is 323 g/mol. The number of hydrogen-bond acceptors (Lipinski definition) is 5. The van der Waals surface area contributed by atoms with Crippen LogP contribution in [0.15, 0.2) is 53.1 Å². The largest absolute Gasteiger partial charge is 0.471 e. The number of ether oxygens (including phenoxy) is 1. The second-order valence-electron chi connectivity index (χ2n) is 5.84. The highest BCUT2D eigenvalue weighted by Gasteiger charge is 2.27. The molecule has 1 aliphatic heterocycles. The highest BCUT2D eigenvalue weighted by molar-refractivity contribution is 5.96. The van der Waals surface area contributed by atoms with Gasteiger partial charge in [0, 0.05) is 24.2 Å². The van der Waals surface area contributed by atoms with Crippen LogP contribution in [0.25, 0.3) is 11.0 Å². The molecule has 1 fully saturated rings. The quantitative estimate of drug-likeness (QED) is 0.741. The van der Waals surface area contributed by atoms with E-state index in [1.807, 2.05) is 24.3 Å². The molecular weight excluding hydrogens is 306 g/mol. The number of likely N-dealkylation sites (tertiary alicyclic amines) is 1. The molecule has 1 amide bonds. The van der Waals surface area contributed by atoms with Crippen LogP contribution in [0.3, 0.4) is 0 Å². The van der Waals surface area contributed by atoms with Crippen LogP contribution in [0.1, 0.15) is 23.4 Å². The third-order valence-corrected chi connectivity index (χ3v) is 4.14. The lowest BCUT2D eigenvalue weighted by molar-refractivity contribution is 0.0500. The zero-order valence-electron chi connectivity index (χ0n) is 13.1. The van der Waals surface area contributed by atoms with Crippen molar-refractivity contribution in [3.8, 4) is 5.88 Å². The maximum absolute atomic E-state index is 12.7. The standard InChI is InChI=1S/C18H17N3O3/c22-18(16-11-13-5-1-2-7-15(13)24-16)21-10-4-6-14(12-21)23-17-8-3-9-19-20-17/h1-3,5,7-9,11,14H,4,6,10,12H2/t14-/m1/s1. The summed E-state index contributed by atoms with van der Waals surface area (Å²) in [7, 11) is 0. The number of carbonyl (C=O) groups excluding carboxylic acids is 1. The van der Waals surface area contributed by atoms with E-state index in [1.165, 1.54) is 0 Å². The van der Waals surface area contributed by atoms with Crippen LogP contribution in [0, 0.1) is 0 Å². The fourth-order valence-electron chi connectivity index (χ4n) is 2.98. The molecule has 6 nitrogen and oxygen atoms in total. The van der Waals surface area contributed by atoms with Gasteiger partial charge in [-0.15, -0.1) is 5.10 Å². The van der Waals surface area contributed by atoms with Gasteiger partial charge in [0.05, 0.1) is 6.54 Å². The van der Waals surface area contributed by atoms with Gasteiger partial charge >= 0.3 is 0 Å². The number of hydrogen-bond donors (Lipinski definition) is 0. The van der Waals surface area contributed by atoms with E-state index in [1.54, 1.807) is 29.3 Å². The van der Waals surface area contributed by atoms with Crippen LogP contribution in [-0.2, 0) is 0 Å². The number of furan rings is 1. The first kappa shape index (κ1) is 14.7. The molecule has 1 aromatic carbocycles. The van der Waals surface area contributed by atoms with E-state index in [0.717, 1.165) is 23.8 Å². The van der Waals surface area contributed by atoms with Crippen molar-refractivity contribution in [2.45, 2.75) is 18.9 Å². The Morgan fingerprint density at radius 1 is 1.25 bits per heavy atom. The molecule has 0 bridgehead atoms. The minimum absolute atomic E-state index is 0.0798. The van der Waals surface area contributed by atoms with Crippen molar-refractivity contribution in [1.82, 2.24) is 15.1 Å². The Labute approximate surface area is 139 Å². The highest BCUT2D eigenvalue weighted by Crippen LogP contribution is 2.22. The molecule has 0 unspecified atom stereocenters. The summed E-state index contributed by atoms with van der Waals surface area (Å²) >= 11 is 0. The van der Waals surface area contributed by atoms with Crippen LogP contribution in [0.4, 0.5) is 0 Å². The summed E-state index contributed by atoms with van der Waals surface area (Å²) in [5.74, 6) is 0.760. The SMILES string of the molecule is O=C(c1cc2ccccc2o1)N1CCC[C@@H](Oc2cccnn2)C1. The number of carbonyl (C=O) groups is 1. The average molecular weight is 323 g/mol. The van der Waals surface area contributed by atoms with E-state index in [9.17, 15) is 4.79 Å². The number of fused-ring (bicyclic) bond motifs is 1. The number of rotatable bonds is 3. The molecule has 3 heterocycles. The Morgan fingerprint density at radius 3 is 3.00 bits per heavy atom. The second kappa shape index (κ2) is 6.31. The summed E-state index contributed by atoms with van der Waals surface area (Å²) in [4.78, 5) is 14.5. The third-order valence-electron chi connectivity index (χ3n) is 4.14. The predicted octanol–water partition coefficient (Wildman–Crippen LogP) is 2.91. The lowest BCUT2D eigenvalue weighted by Gasteiger charge is -2.31.